The van der Waals surface area contributed by atoms with Gasteiger partial charge in [-0.05, 0) is 61.3 Å². The second-order valence-corrected chi connectivity index (χ2v) is 7.53. The van der Waals surface area contributed by atoms with Crippen molar-refractivity contribution in [3.05, 3.63) is 0 Å². The number of aliphatic carboxylic acids is 1. The lowest BCUT2D eigenvalue weighted by Crippen LogP contribution is -2.39. The maximum absolute atomic E-state index is 11.8. The molecule has 32 heavy (non-hydrogen) atoms. The van der Waals surface area contributed by atoms with E-state index in [1.54, 1.807) is 20.8 Å². The fourth-order valence-corrected chi connectivity index (χ4v) is 2.31. The molecule has 0 heterocycles. The van der Waals surface area contributed by atoms with Gasteiger partial charge in [0.1, 0.15) is 11.6 Å². The summed E-state index contributed by atoms with van der Waals surface area (Å²) in [5.41, 5.74) is -3.01. The SMILES string of the molecule is CCOC(=O)C(C)(CCC(C)=O)C(=O)O.CCOC(=O)C(C)(CCC(C)=O)C(=O)OCC. The van der Waals surface area contributed by atoms with Crippen molar-refractivity contribution in [2.75, 3.05) is 19.8 Å². The van der Waals surface area contributed by atoms with Crippen molar-refractivity contribution in [2.45, 2.75) is 74.1 Å². The van der Waals surface area contributed by atoms with Gasteiger partial charge in [0.2, 0.25) is 0 Å². The Kier molecular flexibility index (Phi) is 14.8. The zero-order chi connectivity index (χ0) is 25.5. The molecule has 0 spiro atoms. The highest BCUT2D eigenvalue weighted by atomic mass is 16.6. The van der Waals surface area contributed by atoms with Crippen molar-refractivity contribution in [3.8, 4) is 0 Å². The summed E-state index contributed by atoms with van der Waals surface area (Å²) < 4.78 is 14.4. The van der Waals surface area contributed by atoms with Crippen LogP contribution in [0, 0.1) is 10.8 Å². The average Bonchev–Trinajstić information content (AvgIpc) is 2.70. The fraction of sp³-hybridized carbons (Fsp3) is 0.727. The number of esters is 3. The number of ketones is 2. The first kappa shape index (κ1) is 31.4. The Balaban J connectivity index is 0. The molecule has 0 aliphatic heterocycles. The lowest BCUT2D eigenvalue weighted by atomic mass is 9.85. The van der Waals surface area contributed by atoms with E-state index in [9.17, 15) is 28.8 Å². The highest BCUT2D eigenvalue weighted by Crippen LogP contribution is 2.28. The van der Waals surface area contributed by atoms with Gasteiger partial charge in [-0.25, -0.2) is 0 Å². The van der Waals surface area contributed by atoms with E-state index < -0.39 is 34.7 Å². The lowest BCUT2D eigenvalue weighted by Gasteiger charge is -2.24. The third-order valence-corrected chi connectivity index (χ3v) is 4.60. The van der Waals surface area contributed by atoms with E-state index in [-0.39, 0.29) is 57.1 Å². The maximum atomic E-state index is 11.8. The minimum Gasteiger partial charge on any atom is -0.480 e. The monoisotopic (exact) mass is 460 g/mol. The summed E-state index contributed by atoms with van der Waals surface area (Å²) in [7, 11) is 0. The first-order valence-electron chi connectivity index (χ1n) is 10.5. The molecule has 0 amide bonds. The largest absolute Gasteiger partial charge is 0.480 e. The summed E-state index contributed by atoms with van der Waals surface area (Å²) in [6.45, 7) is 10.9. The Labute approximate surface area is 189 Å². The highest BCUT2D eigenvalue weighted by Gasteiger charge is 2.44. The second-order valence-electron chi connectivity index (χ2n) is 7.53. The summed E-state index contributed by atoms with van der Waals surface area (Å²) in [5, 5.41) is 8.93. The molecule has 0 bridgehead atoms. The Morgan fingerprint density at radius 2 is 0.906 bits per heavy atom. The van der Waals surface area contributed by atoms with Crippen LogP contribution in [-0.2, 0) is 43.0 Å². The standard InChI is InChI=1S/C12H20O5.C10H16O5/c1-5-16-10(14)12(4,8-7-9(3)13)11(15)17-6-2;1-4-15-9(14)10(3,8(12)13)6-5-7(2)11/h5-8H2,1-4H3;4-6H2,1-3H3,(H,12,13). The van der Waals surface area contributed by atoms with E-state index in [1.165, 1.54) is 27.7 Å². The Morgan fingerprint density at radius 1 is 0.625 bits per heavy atom. The molecule has 10 nitrogen and oxygen atoms in total. The summed E-state index contributed by atoms with van der Waals surface area (Å²) in [5.74, 6) is -3.56. The number of hydrogen-bond donors (Lipinski definition) is 1. The van der Waals surface area contributed by atoms with Crippen LogP contribution in [0.5, 0.6) is 0 Å². The molecule has 1 atom stereocenters. The number of carboxylic acid groups (broad SMARTS) is 1. The molecule has 0 radical (unpaired) electrons. The number of carbonyl (C=O) groups is 6. The second kappa shape index (κ2) is 15.1. The minimum absolute atomic E-state index is 0.0312. The molecule has 0 aliphatic carbocycles. The summed E-state index contributed by atoms with van der Waals surface area (Å²) in [6.07, 6.45) is 0.284. The van der Waals surface area contributed by atoms with Crippen molar-refractivity contribution in [3.63, 3.8) is 0 Å². The smallest absolute Gasteiger partial charge is 0.323 e. The third-order valence-electron chi connectivity index (χ3n) is 4.60. The number of ether oxygens (including phenoxy) is 3. The Morgan fingerprint density at radius 3 is 1.16 bits per heavy atom. The first-order chi connectivity index (χ1) is 14.7. The van der Waals surface area contributed by atoms with Crippen LogP contribution in [0.25, 0.3) is 0 Å². The van der Waals surface area contributed by atoms with E-state index in [4.69, 9.17) is 14.6 Å². The Hall–Kier alpha value is -2.78. The number of hydrogen-bond acceptors (Lipinski definition) is 9. The quantitative estimate of drug-likeness (QED) is 0.247. The molecule has 1 N–H and O–H groups in total. The van der Waals surface area contributed by atoms with Crippen molar-refractivity contribution in [2.24, 2.45) is 10.8 Å². The number of Topliss-reactive ketones (excluding diaryl/α,β-unsaturated/α-hetero) is 2. The number of carboxylic acids is 1. The van der Waals surface area contributed by atoms with Crippen molar-refractivity contribution < 1.29 is 48.1 Å². The van der Waals surface area contributed by atoms with Crippen LogP contribution in [0.1, 0.15) is 74.1 Å². The molecule has 10 heteroatoms. The van der Waals surface area contributed by atoms with Gasteiger partial charge in [-0.15, -0.1) is 0 Å². The van der Waals surface area contributed by atoms with Crippen LogP contribution in [0.3, 0.4) is 0 Å². The molecule has 0 aliphatic rings. The molecule has 0 aromatic carbocycles. The molecule has 0 aromatic heterocycles. The van der Waals surface area contributed by atoms with Crippen LogP contribution in [0.15, 0.2) is 0 Å². The third kappa shape index (κ3) is 10.5. The fourth-order valence-electron chi connectivity index (χ4n) is 2.31. The van der Waals surface area contributed by atoms with Gasteiger partial charge in [0, 0.05) is 12.8 Å². The highest BCUT2D eigenvalue weighted by molar-refractivity contribution is 6.00. The number of rotatable bonds is 13. The van der Waals surface area contributed by atoms with Crippen LogP contribution in [0.2, 0.25) is 0 Å². The molecule has 0 aromatic rings. The van der Waals surface area contributed by atoms with Gasteiger partial charge in [0.15, 0.2) is 10.8 Å². The van der Waals surface area contributed by atoms with Gasteiger partial charge in [-0.3, -0.25) is 19.2 Å². The maximum Gasteiger partial charge on any atom is 0.323 e. The van der Waals surface area contributed by atoms with E-state index >= 15 is 0 Å². The van der Waals surface area contributed by atoms with E-state index in [0.29, 0.717) is 0 Å². The zero-order valence-corrected chi connectivity index (χ0v) is 20.1. The summed E-state index contributed by atoms with van der Waals surface area (Å²) in [4.78, 5) is 67.6. The average molecular weight is 461 g/mol. The first-order valence-corrected chi connectivity index (χ1v) is 10.5. The molecule has 0 saturated carbocycles. The van der Waals surface area contributed by atoms with Crippen molar-refractivity contribution in [1.82, 2.24) is 0 Å². The predicted molar refractivity (Wildman–Crippen MR) is 114 cm³/mol. The lowest BCUT2D eigenvalue weighted by molar-refractivity contribution is -0.172. The molecule has 1 unspecified atom stereocenters. The van der Waals surface area contributed by atoms with Crippen LogP contribution < -0.4 is 0 Å². The zero-order valence-electron chi connectivity index (χ0n) is 20.1. The van der Waals surface area contributed by atoms with Crippen molar-refractivity contribution >= 4 is 35.4 Å². The van der Waals surface area contributed by atoms with Gasteiger partial charge < -0.3 is 28.9 Å². The van der Waals surface area contributed by atoms with E-state index in [1.807, 2.05) is 0 Å². The normalized spacial score (nSPS) is 12.3. The van der Waals surface area contributed by atoms with Gasteiger partial charge >= 0.3 is 23.9 Å². The summed E-state index contributed by atoms with van der Waals surface area (Å²) >= 11 is 0. The van der Waals surface area contributed by atoms with Gasteiger partial charge in [0.05, 0.1) is 19.8 Å². The van der Waals surface area contributed by atoms with Crippen molar-refractivity contribution in [1.29, 1.82) is 0 Å². The molecule has 0 saturated heterocycles. The molecule has 0 fully saturated rings. The van der Waals surface area contributed by atoms with Crippen LogP contribution in [-0.4, -0.2) is 60.4 Å². The van der Waals surface area contributed by atoms with Gasteiger partial charge in [-0.1, -0.05) is 0 Å². The van der Waals surface area contributed by atoms with E-state index in [0.717, 1.165) is 0 Å². The number of carbonyl (C=O) groups excluding carboxylic acids is 5. The molecular weight excluding hydrogens is 424 g/mol. The minimum atomic E-state index is -1.62. The van der Waals surface area contributed by atoms with Gasteiger partial charge in [-0.2, -0.15) is 0 Å². The molecular formula is C22H36O10. The molecule has 184 valence electrons. The molecule has 0 rings (SSSR count). The summed E-state index contributed by atoms with van der Waals surface area (Å²) in [6, 6.07) is 0. The van der Waals surface area contributed by atoms with Crippen LogP contribution in [0.4, 0.5) is 0 Å². The predicted octanol–water partition coefficient (Wildman–Crippen LogP) is 2.50. The van der Waals surface area contributed by atoms with Gasteiger partial charge in [0.25, 0.3) is 0 Å². The topological polar surface area (TPSA) is 150 Å². The van der Waals surface area contributed by atoms with Crippen LogP contribution >= 0.6 is 0 Å². The van der Waals surface area contributed by atoms with E-state index in [2.05, 4.69) is 4.74 Å². The Bertz CT molecular complexity index is 664.